The van der Waals surface area contributed by atoms with Gasteiger partial charge < -0.3 is 4.57 Å². The molecule has 1 aromatic carbocycles. The van der Waals surface area contributed by atoms with Crippen LogP contribution in [0, 0.1) is 0 Å². The summed E-state index contributed by atoms with van der Waals surface area (Å²) in [5.41, 5.74) is 2.21. The Labute approximate surface area is 115 Å². The number of nitrogens with one attached hydrogen (secondary N) is 1. The SMILES string of the molecule is Cn1c(C=O)cc2cc(N3CCC(=O)NC3=O)ccc21. The third-order valence-corrected chi connectivity index (χ3v) is 3.55. The topological polar surface area (TPSA) is 71.4 Å². The number of benzene rings is 1. The van der Waals surface area contributed by atoms with E-state index >= 15 is 0 Å². The average Bonchev–Trinajstić information content (AvgIpc) is 2.75. The second kappa shape index (κ2) is 4.48. The fourth-order valence-corrected chi connectivity index (χ4v) is 2.45. The van der Waals surface area contributed by atoms with Gasteiger partial charge in [0.2, 0.25) is 5.91 Å². The second-order valence-corrected chi connectivity index (χ2v) is 4.74. The van der Waals surface area contributed by atoms with Crippen LogP contribution in [0.5, 0.6) is 0 Å². The minimum absolute atomic E-state index is 0.254. The molecule has 2 aromatic rings. The molecule has 102 valence electrons. The van der Waals surface area contributed by atoms with Crippen molar-refractivity contribution in [1.29, 1.82) is 0 Å². The van der Waals surface area contributed by atoms with E-state index in [1.54, 1.807) is 10.6 Å². The summed E-state index contributed by atoms with van der Waals surface area (Å²) in [5, 5.41) is 3.18. The molecule has 0 spiro atoms. The summed E-state index contributed by atoms with van der Waals surface area (Å²) in [6.45, 7) is 0.365. The number of hydrogen-bond donors (Lipinski definition) is 1. The van der Waals surface area contributed by atoms with Crippen molar-refractivity contribution in [3.05, 3.63) is 30.0 Å². The standard InChI is InChI=1S/C14H13N3O3/c1-16-11(8-18)7-9-6-10(2-3-12(9)16)17-5-4-13(19)15-14(17)20/h2-3,6-8H,4-5H2,1H3,(H,15,19,20). The lowest BCUT2D eigenvalue weighted by molar-refractivity contribution is -0.120. The van der Waals surface area contributed by atoms with E-state index in [9.17, 15) is 14.4 Å². The highest BCUT2D eigenvalue weighted by atomic mass is 16.2. The van der Waals surface area contributed by atoms with Crippen LogP contribution in [0.15, 0.2) is 24.3 Å². The lowest BCUT2D eigenvalue weighted by Crippen LogP contribution is -2.49. The first-order valence-electron chi connectivity index (χ1n) is 6.26. The zero-order chi connectivity index (χ0) is 14.3. The number of amides is 3. The molecule has 3 rings (SSSR count). The Hall–Kier alpha value is -2.63. The highest BCUT2D eigenvalue weighted by Gasteiger charge is 2.24. The number of aldehydes is 1. The molecule has 1 aliphatic rings. The van der Waals surface area contributed by atoms with Crippen LogP contribution in [0.3, 0.4) is 0 Å². The van der Waals surface area contributed by atoms with Gasteiger partial charge >= 0.3 is 6.03 Å². The van der Waals surface area contributed by atoms with Gasteiger partial charge in [-0.1, -0.05) is 0 Å². The van der Waals surface area contributed by atoms with Crippen LogP contribution >= 0.6 is 0 Å². The highest BCUT2D eigenvalue weighted by molar-refractivity contribution is 6.06. The number of hydrogen-bond acceptors (Lipinski definition) is 3. The van der Waals surface area contributed by atoms with Gasteiger partial charge in [0.25, 0.3) is 0 Å². The van der Waals surface area contributed by atoms with Crippen molar-refractivity contribution in [3.63, 3.8) is 0 Å². The molecule has 0 unspecified atom stereocenters. The Balaban J connectivity index is 2.03. The molecule has 1 saturated heterocycles. The fraction of sp³-hybridized carbons (Fsp3) is 0.214. The lowest BCUT2D eigenvalue weighted by Gasteiger charge is -2.26. The summed E-state index contributed by atoms with van der Waals surface area (Å²) in [5.74, 6) is -0.254. The predicted molar refractivity (Wildman–Crippen MR) is 73.8 cm³/mol. The maximum absolute atomic E-state index is 11.8. The van der Waals surface area contributed by atoms with Crippen molar-refractivity contribution in [2.75, 3.05) is 11.4 Å². The van der Waals surface area contributed by atoms with Gasteiger partial charge in [0.05, 0.1) is 5.69 Å². The molecule has 20 heavy (non-hydrogen) atoms. The van der Waals surface area contributed by atoms with E-state index in [2.05, 4.69) is 5.32 Å². The first kappa shape index (κ1) is 12.4. The number of anilines is 1. The van der Waals surface area contributed by atoms with Crippen LogP contribution in [-0.2, 0) is 11.8 Å². The normalized spacial score (nSPS) is 15.6. The van der Waals surface area contributed by atoms with Gasteiger partial charge in [-0.25, -0.2) is 4.79 Å². The number of carbonyl (C=O) groups excluding carboxylic acids is 3. The number of aryl methyl sites for hydroxylation is 1. The van der Waals surface area contributed by atoms with Crippen LogP contribution in [-0.4, -0.2) is 29.3 Å². The van der Waals surface area contributed by atoms with Crippen molar-refractivity contribution in [2.24, 2.45) is 7.05 Å². The van der Waals surface area contributed by atoms with Gasteiger partial charge in [0, 0.05) is 36.6 Å². The summed E-state index contributed by atoms with van der Waals surface area (Å²) in [7, 11) is 1.82. The second-order valence-electron chi connectivity index (χ2n) is 4.74. The molecule has 0 atom stereocenters. The molecule has 1 aromatic heterocycles. The van der Waals surface area contributed by atoms with Gasteiger partial charge in [0.15, 0.2) is 6.29 Å². The molecular weight excluding hydrogens is 258 g/mol. The first-order valence-corrected chi connectivity index (χ1v) is 6.26. The van der Waals surface area contributed by atoms with Gasteiger partial charge in [-0.15, -0.1) is 0 Å². The van der Waals surface area contributed by atoms with Gasteiger partial charge in [-0.05, 0) is 24.3 Å². The van der Waals surface area contributed by atoms with Crippen LogP contribution in [0.25, 0.3) is 10.9 Å². The molecule has 1 N–H and O–H groups in total. The molecule has 0 bridgehead atoms. The average molecular weight is 271 g/mol. The number of aromatic nitrogens is 1. The molecule has 6 nitrogen and oxygen atoms in total. The maximum atomic E-state index is 11.8. The van der Waals surface area contributed by atoms with E-state index < -0.39 is 6.03 Å². The first-order chi connectivity index (χ1) is 9.60. The zero-order valence-corrected chi connectivity index (χ0v) is 10.9. The van der Waals surface area contributed by atoms with Crippen molar-refractivity contribution in [2.45, 2.75) is 6.42 Å². The van der Waals surface area contributed by atoms with E-state index in [1.165, 1.54) is 4.90 Å². The van der Waals surface area contributed by atoms with Crippen molar-refractivity contribution < 1.29 is 14.4 Å². The third kappa shape index (κ3) is 1.85. The number of urea groups is 1. The smallest absolute Gasteiger partial charge is 0.328 e. The van der Waals surface area contributed by atoms with E-state index in [0.29, 0.717) is 17.9 Å². The molecule has 3 amide bonds. The van der Waals surface area contributed by atoms with Crippen LogP contribution in [0.4, 0.5) is 10.5 Å². The quantitative estimate of drug-likeness (QED) is 0.840. The van der Waals surface area contributed by atoms with Crippen LogP contribution < -0.4 is 10.2 Å². The molecule has 1 aliphatic heterocycles. The lowest BCUT2D eigenvalue weighted by atomic mass is 10.2. The number of nitrogens with zero attached hydrogens (tertiary/aromatic N) is 2. The summed E-state index contributed by atoms with van der Waals surface area (Å²) < 4.78 is 1.80. The summed E-state index contributed by atoms with van der Waals surface area (Å²) >= 11 is 0. The van der Waals surface area contributed by atoms with E-state index in [0.717, 1.165) is 17.2 Å². The Morgan fingerprint density at radius 2 is 2.05 bits per heavy atom. The highest BCUT2D eigenvalue weighted by Crippen LogP contribution is 2.25. The monoisotopic (exact) mass is 271 g/mol. The Morgan fingerprint density at radius 3 is 2.75 bits per heavy atom. The van der Waals surface area contributed by atoms with E-state index in [-0.39, 0.29) is 12.3 Å². The van der Waals surface area contributed by atoms with Crippen molar-refractivity contribution in [3.8, 4) is 0 Å². The number of rotatable bonds is 2. The van der Waals surface area contributed by atoms with Gasteiger partial charge in [0.1, 0.15) is 0 Å². The molecule has 0 saturated carbocycles. The molecule has 2 heterocycles. The molecular formula is C14H13N3O3. The molecule has 0 aliphatic carbocycles. The minimum Gasteiger partial charge on any atom is -0.341 e. The van der Waals surface area contributed by atoms with Crippen molar-refractivity contribution in [1.82, 2.24) is 9.88 Å². The number of imide groups is 1. The molecule has 1 fully saturated rings. The summed E-state index contributed by atoms with van der Waals surface area (Å²) in [6.07, 6.45) is 1.09. The number of carbonyl (C=O) groups is 3. The van der Waals surface area contributed by atoms with Crippen LogP contribution in [0.2, 0.25) is 0 Å². The summed E-state index contributed by atoms with van der Waals surface area (Å²) in [6, 6.07) is 6.89. The third-order valence-electron chi connectivity index (χ3n) is 3.55. The van der Waals surface area contributed by atoms with Crippen LogP contribution in [0.1, 0.15) is 16.9 Å². The Bertz CT molecular complexity index is 733. The molecule has 6 heteroatoms. The molecule has 0 radical (unpaired) electrons. The van der Waals surface area contributed by atoms with E-state index in [4.69, 9.17) is 0 Å². The maximum Gasteiger partial charge on any atom is 0.328 e. The van der Waals surface area contributed by atoms with Gasteiger partial charge in [-0.3, -0.25) is 19.8 Å². The Morgan fingerprint density at radius 1 is 1.25 bits per heavy atom. The van der Waals surface area contributed by atoms with E-state index in [1.807, 2.05) is 25.2 Å². The summed E-state index contributed by atoms with van der Waals surface area (Å²) in [4.78, 5) is 35.4. The predicted octanol–water partition coefficient (Wildman–Crippen LogP) is 1.44. The number of fused-ring (bicyclic) bond motifs is 1. The largest absolute Gasteiger partial charge is 0.341 e. The van der Waals surface area contributed by atoms with Crippen molar-refractivity contribution >= 4 is 34.8 Å². The Kier molecular flexibility index (Phi) is 2.78. The zero-order valence-electron chi connectivity index (χ0n) is 10.9. The van der Waals surface area contributed by atoms with Gasteiger partial charge in [-0.2, -0.15) is 0 Å². The minimum atomic E-state index is -0.410. The fourth-order valence-electron chi connectivity index (χ4n) is 2.45.